The number of carbonyl (C=O) groups is 1. The van der Waals surface area contributed by atoms with Gasteiger partial charge in [-0.1, -0.05) is 0 Å². The average molecular weight is 274 g/mol. The van der Waals surface area contributed by atoms with Crippen LogP contribution in [0, 0.1) is 0 Å². The maximum atomic E-state index is 11.9. The number of fused-ring (bicyclic) bond motifs is 1. The highest BCUT2D eigenvalue weighted by molar-refractivity contribution is 5.76. The van der Waals surface area contributed by atoms with Crippen LogP contribution in [0.1, 0.15) is 25.1 Å². The zero-order chi connectivity index (χ0) is 13.8. The summed E-state index contributed by atoms with van der Waals surface area (Å²) in [5, 5.41) is 7.11. The SMILES string of the molecule is O=C(CCCn1cncn1)N[C@H]1CCc2nccn2C1. The summed E-state index contributed by atoms with van der Waals surface area (Å²) < 4.78 is 3.86. The molecule has 3 heterocycles. The summed E-state index contributed by atoms with van der Waals surface area (Å²) in [4.78, 5) is 20.1. The summed E-state index contributed by atoms with van der Waals surface area (Å²) in [6, 6.07) is 0.218. The van der Waals surface area contributed by atoms with Gasteiger partial charge in [0.05, 0.1) is 0 Å². The Labute approximate surface area is 117 Å². The molecule has 2 aromatic heterocycles. The first-order valence-electron chi connectivity index (χ1n) is 6.93. The van der Waals surface area contributed by atoms with Gasteiger partial charge >= 0.3 is 0 Å². The van der Waals surface area contributed by atoms with Crippen LogP contribution in [0.2, 0.25) is 0 Å². The van der Waals surface area contributed by atoms with Gasteiger partial charge in [0.25, 0.3) is 0 Å². The van der Waals surface area contributed by atoms with Crippen LogP contribution >= 0.6 is 0 Å². The van der Waals surface area contributed by atoms with Crippen molar-refractivity contribution in [2.75, 3.05) is 0 Å². The van der Waals surface area contributed by atoms with Crippen molar-refractivity contribution in [2.45, 2.75) is 44.8 Å². The molecule has 0 saturated heterocycles. The minimum absolute atomic E-state index is 0.110. The molecule has 1 amide bonds. The fourth-order valence-corrected chi connectivity index (χ4v) is 2.53. The maximum absolute atomic E-state index is 11.9. The Hall–Kier alpha value is -2.18. The summed E-state index contributed by atoms with van der Waals surface area (Å²) in [5.41, 5.74) is 0. The van der Waals surface area contributed by atoms with Crippen LogP contribution in [0.5, 0.6) is 0 Å². The molecule has 20 heavy (non-hydrogen) atoms. The molecule has 1 aliphatic rings. The van der Waals surface area contributed by atoms with Gasteiger partial charge in [0.15, 0.2) is 0 Å². The summed E-state index contributed by atoms with van der Waals surface area (Å²) in [6.07, 6.45) is 10.1. The molecular weight excluding hydrogens is 256 g/mol. The molecule has 0 saturated carbocycles. The number of rotatable bonds is 5. The van der Waals surface area contributed by atoms with Crippen molar-refractivity contribution in [3.05, 3.63) is 30.9 Å². The Morgan fingerprint density at radius 1 is 1.50 bits per heavy atom. The summed E-state index contributed by atoms with van der Waals surface area (Å²) >= 11 is 0. The van der Waals surface area contributed by atoms with E-state index in [0.29, 0.717) is 6.42 Å². The van der Waals surface area contributed by atoms with E-state index in [1.165, 1.54) is 6.33 Å². The van der Waals surface area contributed by atoms with E-state index in [2.05, 4.69) is 25.0 Å². The standard InChI is InChI=1S/C13H18N6O/c20-13(2-1-6-19-10-14-9-16-19)17-11-3-4-12-15-5-7-18(12)8-11/h5,7,9-11H,1-4,6,8H2,(H,17,20)/t11-/m0/s1. The van der Waals surface area contributed by atoms with Gasteiger partial charge in [0.2, 0.25) is 5.91 Å². The highest BCUT2D eigenvalue weighted by atomic mass is 16.1. The lowest BCUT2D eigenvalue weighted by Crippen LogP contribution is -2.40. The van der Waals surface area contributed by atoms with Crippen molar-refractivity contribution in [3.63, 3.8) is 0 Å². The second kappa shape index (κ2) is 5.85. The lowest BCUT2D eigenvalue weighted by Gasteiger charge is -2.24. The highest BCUT2D eigenvalue weighted by Gasteiger charge is 2.19. The van der Waals surface area contributed by atoms with Gasteiger partial charge in [-0.3, -0.25) is 9.48 Å². The van der Waals surface area contributed by atoms with Crippen molar-refractivity contribution in [1.82, 2.24) is 29.6 Å². The molecule has 0 aromatic carbocycles. The van der Waals surface area contributed by atoms with E-state index in [-0.39, 0.29) is 11.9 Å². The second-order valence-electron chi connectivity index (χ2n) is 5.06. The number of amides is 1. The Bertz CT molecular complexity index is 561. The first kappa shape index (κ1) is 12.8. The Morgan fingerprint density at radius 2 is 2.45 bits per heavy atom. The molecule has 2 aromatic rings. The number of nitrogens with zero attached hydrogens (tertiary/aromatic N) is 5. The first-order chi connectivity index (χ1) is 9.81. The van der Waals surface area contributed by atoms with Crippen LogP contribution in [0.4, 0.5) is 0 Å². The zero-order valence-electron chi connectivity index (χ0n) is 11.3. The van der Waals surface area contributed by atoms with Crippen molar-refractivity contribution in [1.29, 1.82) is 0 Å². The van der Waals surface area contributed by atoms with Gasteiger partial charge in [0, 0.05) is 44.4 Å². The summed E-state index contributed by atoms with van der Waals surface area (Å²) in [5.74, 6) is 1.22. The number of imidazole rings is 1. The summed E-state index contributed by atoms with van der Waals surface area (Å²) in [7, 11) is 0. The van der Waals surface area contributed by atoms with Crippen molar-refractivity contribution in [2.24, 2.45) is 0 Å². The van der Waals surface area contributed by atoms with Crippen LogP contribution in [-0.4, -0.2) is 36.3 Å². The monoisotopic (exact) mass is 274 g/mol. The minimum atomic E-state index is 0.110. The fraction of sp³-hybridized carbons (Fsp3) is 0.538. The highest BCUT2D eigenvalue weighted by Crippen LogP contribution is 2.13. The number of carbonyl (C=O) groups excluding carboxylic acids is 1. The van der Waals surface area contributed by atoms with Crippen LogP contribution in [0.25, 0.3) is 0 Å². The molecule has 0 fully saturated rings. The van der Waals surface area contributed by atoms with E-state index in [9.17, 15) is 4.79 Å². The molecule has 1 atom stereocenters. The molecule has 106 valence electrons. The quantitative estimate of drug-likeness (QED) is 0.855. The van der Waals surface area contributed by atoms with Gasteiger partial charge < -0.3 is 9.88 Å². The predicted octanol–water partition coefficient (Wildman–Crippen LogP) is 0.386. The number of hydrogen-bond acceptors (Lipinski definition) is 4. The van der Waals surface area contributed by atoms with Crippen molar-refractivity contribution < 1.29 is 4.79 Å². The first-order valence-corrected chi connectivity index (χ1v) is 6.93. The molecule has 0 bridgehead atoms. The van der Waals surface area contributed by atoms with Crippen LogP contribution in [0.15, 0.2) is 25.0 Å². The van der Waals surface area contributed by atoms with Gasteiger partial charge in [-0.05, 0) is 12.8 Å². The van der Waals surface area contributed by atoms with E-state index in [1.807, 2.05) is 12.4 Å². The fourth-order valence-electron chi connectivity index (χ4n) is 2.53. The number of hydrogen-bond donors (Lipinski definition) is 1. The van der Waals surface area contributed by atoms with Gasteiger partial charge in [-0.15, -0.1) is 0 Å². The van der Waals surface area contributed by atoms with Crippen molar-refractivity contribution >= 4 is 5.91 Å². The Kier molecular flexibility index (Phi) is 3.76. The van der Waals surface area contributed by atoms with Crippen LogP contribution < -0.4 is 5.32 Å². The third-order valence-electron chi connectivity index (χ3n) is 3.56. The molecule has 1 aliphatic heterocycles. The minimum Gasteiger partial charge on any atom is -0.352 e. The smallest absolute Gasteiger partial charge is 0.220 e. The summed E-state index contributed by atoms with van der Waals surface area (Å²) in [6.45, 7) is 1.55. The Balaban J connectivity index is 1.41. The Morgan fingerprint density at radius 3 is 3.30 bits per heavy atom. The molecule has 0 unspecified atom stereocenters. The van der Waals surface area contributed by atoms with E-state index < -0.39 is 0 Å². The molecule has 0 spiro atoms. The van der Waals surface area contributed by atoms with E-state index >= 15 is 0 Å². The van der Waals surface area contributed by atoms with Gasteiger partial charge in [0.1, 0.15) is 18.5 Å². The zero-order valence-corrected chi connectivity index (χ0v) is 11.3. The van der Waals surface area contributed by atoms with Crippen LogP contribution in [0.3, 0.4) is 0 Å². The third-order valence-corrected chi connectivity index (χ3v) is 3.56. The van der Waals surface area contributed by atoms with Gasteiger partial charge in [-0.25, -0.2) is 9.97 Å². The van der Waals surface area contributed by atoms with Crippen molar-refractivity contribution in [3.8, 4) is 0 Å². The number of aryl methyl sites for hydroxylation is 2. The molecule has 7 heteroatoms. The number of nitrogens with one attached hydrogen (secondary N) is 1. The normalized spacial score (nSPS) is 17.7. The predicted molar refractivity (Wildman–Crippen MR) is 71.7 cm³/mol. The lowest BCUT2D eigenvalue weighted by molar-refractivity contribution is -0.122. The largest absolute Gasteiger partial charge is 0.352 e. The topological polar surface area (TPSA) is 77.6 Å². The molecular formula is C13H18N6O. The third kappa shape index (κ3) is 3.04. The van der Waals surface area contributed by atoms with E-state index in [1.54, 1.807) is 11.0 Å². The van der Waals surface area contributed by atoms with E-state index in [0.717, 1.165) is 38.2 Å². The molecule has 7 nitrogen and oxygen atoms in total. The van der Waals surface area contributed by atoms with E-state index in [4.69, 9.17) is 0 Å². The van der Waals surface area contributed by atoms with Crippen LogP contribution in [-0.2, 0) is 24.3 Å². The van der Waals surface area contributed by atoms with Gasteiger partial charge in [-0.2, -0.15) is 5.10 Å². The molecule has 1 N–H and O–H groups in total. The maximum Gasteiger partial charge on any atom is 0.220 e. The molecule has 0 radical (unpaired) electrons. The molecule has 0 aliphatic carbocycles. The molecule has 3 rings (SSSR count). The average Bonchev–Trinajstić information content (AvgIpc) is 3.08. The lowest BCUT2D eigenvalue weighted by atomic mass is 10.1. The second-order valence-corrected chi connectivity index (χ2v) is 5.06. The number of aromatic nitrogens is 5.